The van der Waals surface area contributed by atoms with Crippen LogP contribution in [-0.2, 0) is 20.9 Å². The van der Waals surface area contributed by atoms with Gasteiger partial charge in [-0.15, -0.1) is 0 Å². The fourth-order valence-corrected chi connectivity index (χ4v) is 1.64. The lowest BCUT2D eigenvalue weighted by Crippen LogP contribution is -2.42. The summed E-state index contributed by atoms with van der Waals surface area (Å²) in [4.78, 5) is 22.8. The number of amides is 1. The second kappa shape index (κ2) is 7.78. The molecule has 0 saturated heterocycles. The fourth-order valence-electron chi connectivity index (χ4n) is 1.64. The number of carbonyl (C=O) groups excluding carboxylic acids is 1. The van der Waals surface area contributed by atoms with E-state index in [0.29, 0.717) is 6.61 Å². The van der Waals surface area contributed by atoms with Crippen LogP contribution in [-0.4, -0.2) is 30.1 Å². The second-order valence-electron chi connectivity index (χ2n) is 5.81. The largest absolute Gasteiger partial charge is 0.481 e. The molecule has 1 unspecified atom stereocenters. The Hall–Kier alpha value is -1.88. The van der Waals surface area contributed by atoms with Crippen LogP contribution in [0.25, 0.3) is 0 Å². The Bertz CT molecular complexity index is 470. The number of ether oxygens (including phenoxy) is 1. The SMILES string of the molecule is CC(CNC(=O)C(C)(C)COCc1ccccc1)C(=O)O. The van der Waals surface area contributed by atoms with Gasteiger partial charge in [0.05, 0.1) is 24.5 Å². The molecule has 0 aliphatic carbocycles. The summed E-state index contributed by atoms with van der Waals surface area (Å²) < 4.78 is 5.58. The molecule has 0 bridgehead atoms. The van der Waals surface area contributed by atoms with Gasteiger partial charge >= 0.3 is 5.97 Å². The molecule has 0 aliphatic heterocycles. The molecule has 1 aromatic rings. The summed E-state index contributed by atoms with van der Waals surface area (Å²) in [5.74, 6) is -1.73. The zero-order valence-corrected chi connectivity index (χ0v) is 12.8. The molecule has 0 radical (unpaired) electrons. The van der Waals surface area contributed by atoms with E-state index in [0.717, 1.165) is 5.56 Å². The minimum Gasteiger partial charge on any atom is -0.481 e. The molecule has 0 aromatic heterocycles. The van der Waals surface area contributed by atoms with Gasteiger partial charge in [0.2, 0.25) is 5.91 Å². The van der Waals surface area contributed by atoms with Crippen LogP contribution >= 0.6 is 0 Å². The monoisotopic (exact) mass is 293 g/mol. The predicted molar refractivity (Wildman–Crippen MR) is 79.7 cm³/mol. The Morgan fingerprint density at radius 2 is 1.90 bits per heavy atom. The van der Waals surface area contributed by atoms with E-state index in [2.05, 4.69) is 5.32 Å². The normalized spacial score (nSPS) is 12.7. The third kappa shape index (κ3) is 5.95. The van der Waals surface area contributed by atoms with Crippen molar-refractivity contribution in [3.8, 4) is 0 Å². The molecule has 116 valence electrons. The maximum atomic E-state index is 12.1. The van der Waals surface area contributed by atoms with E-state index >= 15 is 0 Å². The minimum atomic E-state index is -0.923. The highest BCUT2D eigenvalue weighted by Crippen LogP contribution is 2.17. The van der Waals surface area contributed by atoms with Gasteiger partial charge in [-0.1, -0.05) is 37.3 Å². The minimum absolute atomic E-state index is 0.121. The molecular formula is C16H23NO4. The number of carboxylic acids is 1. The lowest BCUT2D eigenvalue weighted by Gasteiger charge is -2.24. The summed E-state index contributed by atoms with van der Waals surface area (Å²) >= 11 is 0. The molecule has 0 fully saturated rings. The summed E-state index contributed by atoms with van der Waals surface area (Å²) in [6.07, 6.45) is 0. The maximum Gasteiger partial charge on any atom is 0.308 e. The van der Waals surface area contributed by atoms with E-state index in [1.165, 1.54) is 0 Å². The molecule has 2 N–H and O–H groups in total. The number of carboxylic acid groups (broad SMARTS) is 1. The van der Waals surface area contributed by atoms with Crippen LogP contribution in [0.15, 0.2) is 30.3 Å². The first-order valence-corrected chi connectivity index (χ1v) is 6.95. The quantitative estimate of drug-likeness (QED) is 0.769. The van der Waals surface area contributed by atoms with Crippen LogP contribution in [0.3, 0.4) is 0 Å². The van der Waals surface area contributed by atoms with E-state index < -0.39 is 17.3 Å². The third-order valence-electron chi connectivity index (χ3n) is 3.18. The zero-order chi connectivity index (χ0) is 15.9. The van der Waals surface area contributed by atoms with Gasteiger partial charge in [-0.3, -0.25) is 9.59 Å². The molecule has 0 heterocycles. The molecule has 5 nitrogen and oxygen atoms in total. The van der Waals surface area contributed by atoms with Crippen LogP contribution in [0.2, 0.25) is 0 Å². The molecule has 1 aromatic carbocycles. The van der Waals surface area contributed by atoms with Crippen molar-refractivity contribution < 1.29 is 19.4 Å². The first-order valence-electron chi connectivity index (χ1n) is 6.95. The smallest absolute Gasteiger partial charge is 0.308 e. The second-order valence-corrected chi connectivity index (χ2v) is 5.81. The lowest BCUT2D eigenvalue weighted by atomic mass is 9.93. The average Bonchev–Trinajstić information content (AvgIpc) is 2.45. The first kappa shape index (κ1) is 17.2. The number of carbonyl (C=O) groups is 2. The Balaban J connectivity index is 2.38. The number of hydrogen-bond acceptors (Lipinski definition) is 3. The van der Waals surface area contributed by atoms with Gasteiger partial charge in [-0.2, -0.15) is 0 Å². The summed E-state index contributed by atoms with van der Waals surface area (Å²) in [5.41, 5.74) is 0.348. The van der Waals surface area contributed by atoms with Crippen molar-refractivity contribution in [3.63, 3.8) is 0 Å². The van der Waals surface area contributed by atoms with Crippen molar-refractivity contribution in [1.29, 1.82) is 0 Å². The Labute approximate surface area is 125 Å². The van der Waals surface area contributed by atoms with Crippen molar-refractivity contribution in [2.24, 2.45) is 11.3 Å². The Morgan fingerprint density at radius 3 is 2.48 bits per heavy atom. The van der Waals surface area contributed by atoms with Gasteiger partial charge in [0, 0.05) is 6.54 Å². The summed E-state index contributed by atoms with van der Waals surface area (Å²) in [6.45, 7) is 5.95. The summed E-state index contributed by atoms with van der Waals surface area (Å²) in [7, 11) is 0. The number of hydrogen-bond donors (Lipinski definition) is 2. The van der Waals surface area contributed by atoms with E-state index in [4.69, 9.17) is 9.84 Å². The highest BCUT2D eigenvalue weighted by atomic mass is 16.5. The topological polar surface area (TPSA) is 75.6 Å². The lowest BCUT2D eigenvalue weighted by molar-refractivity contribution is -0.141. The maximum absolute atomic E-state index is 12.1. The van der Waals surface area contributed by atoms with E-state index in [1.54, 1.807) is 20.8 Å². The van der Waals surface area contributed by atoms with E-state index in [9.17, 15) is 9.59 Å². The fraction of sp³-hybridized carbons (Fsp3) is 0.500. The van der Waals surface area contributed by atoms with Gasteiger partial charge < -0.3 is 15.2 Å². The first-order chi connectivity index (χ1) is 9.83. The molecular weight excluding hydrogens is 270 g/mol. The van der Waals surface area contributed by atoms with Crippen molar-refractivity contribution in [2.45, 2.75) is 27.4 Å². The van der Waals surface area contributed by atoms with E-state index in [1.807, 2.05) is 30.3 Å². The van der Waals surface area contributed by atoms with Crippen molar-refractivity contribution >= 4 is 11.9 Å². The molecule has 1 amide bonds. The van der Waals surface area contributed by atoms with Crippen molar-refractivity contribution in [2.75, 3.05) is 13.2 Å². The van der Waals surface area contributed by atoms with Crippen LogP contribution in [0.5, 0.6) is 0 Å². The number of benzene rings is 1. The van der Waals surface area contributed by atoms with E-state index in [-0.39, 0.29) is 19.1 Å². The summed E-state index contributed by atoms with van der Waals surface area (Å²) in [6, 6.07) is 9.72. The third-order valence-corrected chi connectivity index (χ3v) is 3.18. The van der Waals surface area contributed by atoms with Crippen LogP contribution in [0.1, 0.15) is 26.3 Å². The van der Waals surface area contributed by atoms with Gasteiger partial charge in [-0.05, 0) is 19.4 Å². The van der Waals surface area contributed by atoms with Gasteiger partial charge in [-0.25, -0.2) is 0 Å². The standard InChI is InChI=1S/C16H23NO4/c1-12(14(18)19)9-17-15(20)16(2,3)11-21-10-13-7-5-4-6-8-13/h4-8,12H,9-11H2,1-3H3,(H,17,20)(H,18,19). The van der Waals surface area contributed by atoms with Gasteiger partial charge in [0.1, 0.15) is 0 Å². The molecule has 0 spiro atoms. The zero-order valence-electron chi connectivity index (χ0n) is 12.8. The molecule has 0 saturated carbocycles. The van der Waals surface area contributed by atoms with Crippen LogP contribution in [0, 0.1) is 11.3 Å². The van der Waals surface area contributed by atoms with Crippen LogP contribution < -0.4 is 5.32 Å². The highest BCUT2D eigenvalue weighted by Gasteiger charge is 2.28. The van der Waals surface area contributed by atoms with Gasteiger partial charge in [0.15, 0.2) is 0 Å². The molecule has 1 rings (SSSR count). The average molecular weight is 293 g/mol. The summed E-state index contributed by atoms with van der Waals surface area (Å²) in [5, 5.41) is 11.4. The van der Waals surface area contributed by atoms with Gasteiger partial charge in [0.25, 0.3) is 0 Å². The number of nitrogens with one attached hydrogen (secondary N) is 1. The number of rotatable bonds is 8. The Kier molecular flexibility index (Phi) is 6.37. The van der Waals surface area contributed by atoms with Crippen molar-refractivity contribution in [3.05, 3.63) is 35.9 Å². The highest BCUT2D eigenvalue weighted by molar-refractivity contribution is 5.82. The van der Waals surface area contributed by atoms with Crippen molar-refractivity contribution in [1.82, 2.24) is 5.32 Å². The molecule has 0 aliphatic rings. The molecule has 5 heteroatoms. The Morgan fingerprint density at radius 1 is 1.29 bits per heavy atom. The predicted octanol–water partition coefficient (Wildman–Crippen LogP) is 2.07. The molecule has 1 atom stereocenters. The molecule has 21 heavy (non-hydrogen) atoms. The number of aliphatic carboxylic acids is 1. The van der Waals surface area contributed by atoms with Crippen LogP contribution in [0.4, 0.5) is 0 Å².